The summed E-state index contributed by atoms with van der Waals surface area (Å²) < 4.78 is 0. The summed E-state index contributed by atoms with van der Waals surface area (Å²) in [6, 6.07) is 9.17. The topological polar surface area (TPSA) is 26.0 Å². The summed E-state index contributed by atoms with van der Waals surface area (Å²) >= 11 is 0. The largest absolute Gasteiger partial charge is 0.328 e. The van der Waals surface area contributed by atoms with Gasteiger partial charge in [-0.1, -0.05) is 44.0 Å². The second-order valence-corrected chi connectivity index (χ2v) is 4.46. The first-order chi connectivity index (χ1) is 7.22. The van der Waals surface area contributed by atoms with Crippen LogP contribution in [0.2, 0.25) is 0 Å². The van der Waals surface area contributed by atoms with Gasteiger partial charge >= 0.3 is 0 Å². The average Bonchev–Trinajstić information content (AvgIpc) is 2.20. The maximum Gasteiger partial charge on any atom is 0.00509 e. The van der Waals surface area contributed by atoms with Gasteiger partial charge in [0.25, 0.3) is 0 Å². The number of benzene rings is 1. The molecule has 0 fully saturated rings. The van der Waals surface area contributed by atoms with Crippen molar-refractivity contribution in [3.05, 3.63) is 35.4 Å². The van der Waals surface area contributed by atoms with Crippen LogP contribution in [0.25, 0.3) is 0 Å². The molecule has 0 saturated heterocycles. The van der Waals surface area contributed by atoms with E-state index in [0.717, 1.165) is 6.42 Å². The van der Waals surface area contributed by atoms with Gasteiger partial charge in [0.15, 0.2) is 0 Å². The molecule has 0 radical (unpaired) electrons. The fourth-order valence-corrected chi connectivity index (χ4v) is 1.79. The zero-order valence-electron chi connectivity index (χ0n) is 10.00. The van der Waals surface area contributed by atoms with Crippen LogP contribution >= 0.6 is 0 Å². The normalized spacial score (nSPS) is 12.7. The second-order valence-electron chi connectivity index (χ2n) is 4.46. The van der Waals surface area contributed by atoms with Gasteiger partial charge in [-0.3, -0.25) is 0 Å². The van der Waals surface area contributed by atoms with Gasteiger partial charge in [0.05, 0.1) is 0 Å². The highest BCUT2D eigenvalue weighted by Crippen LogP contribution is 2.09. The molecule has 1 nitrogen and oxygen atoms in total. The molecule has 0 aliphatic rings. The summed E-state index contributed by atoms with van der Waals surface area (Å²) in [7, 11) is 0. The van der Waals surface area contributed by atoms with E-state index >= 15 is 0 Å². The number of hydrogen-bond acceptors (Lipinski definition) is 1. The van der Waals surface area contributed by atoms with Crippen molar-refractivity contribution in [3.63, 3.8) is 0 Å². The third-order valence-electron chi connectivity index (χ3n) is 2.65. The molecule has 0 amide bonds. The Labute approximate surface area is 93.7 Å². The van der Waals surface area contributed by atoms with E-state index in [1.165, 1.54) is 36.8 Å². The SMILES string of the molecule is CCCCCc1ccc(C[C@@H](C)N)cc1. The first kappa shape index (κ1) is 12.3. The predicted octanol–water partition coefficient (Wildman–Crippen LogP) is 3.31. The minimum absolute atomic E-state index is 0.260. The Morgan fingerprint density at radius 2 is 1.67 bits per heavy atom. The summed E-state index contributed by atoms with van der Waals surface area (Å²) in [5.74, 6) is 0. The van der Waals surface area contributed by atoms with Gasteiger partial charge in [-0.2, -0.15) is 0 Å². The summed E-state index contributed by atoms with van der Waals surface area (Å²) in [6.45, 7) is 4.29. The number of rotatable bonds is 6. The highest BCUT2D eigenvalue weighted by molar-refractivity contribution is 5.23. The van der Waals surface area contributed by atoms with Crippen LogP contribution < -0.4 is 5.73 Å². The molecular weight excluding hydrogens is 182 g/mol. The Hall–Kier alpha value is -0.820. The number of hydrogen-bond donors (Lipinski definition) is 1. The molecular formula is C14H23N. The molecule has 15 heavy (non-hydrogen) atoms. The van der Waals surface area contributed by atoms with Gasteiger partial charge in [-0.25, -0.2) is 0 Å². The molecule has 0 spiro atoms. The molecule has 1 rings (SSSR count). The number of unbranched alkanes of at least 4 members (excludes halogenated alkanes) is 2. The zero-order chi connectivity index (χ0) is 11.1. The quantitative estimate of drug-likeness (QED) is 0.708. The second kappa shape index (κ2) is 6.62. The minimum Gasteiger partial charge on any atom is -0.328 e. The van der Waals surface area contributed by atoms with Crippen LogP contribution in [-0.2, 0) is 12.8 Å². The van der Waals surface area contributed by atoms with E-state index in [0.29, 0.717) is 0 Å². The Kier molecular flexibility index (Phi) is 5.41. The molecule has 0 unspecified atom stereocenters. The average molecular weight is 205 g/mol. The molecule has 1 aromatic carbocycles. The molecule has 0 aliphatic heterocycles. The molecule has 0 aliphatic carbocycles. The van der Waals surface area contributed by atoms with Crippen molar-refractivity contribution in [1.82, 2.24) is 0 Å². The molecule has 1 heteroatoms. The third kappa shape index (κ3) is 4.98. The van der Waals surface area contributed by atoms with Crippen molar-refractivity contribution < 1.29 is 0 Å². The van der Waals surface area contributed by atoms with Crippen LogP contribution in [0.5, 0.6) is 0 Å². The van der Waals surface area contributed by atoms with Crippen molar-refractivity contribution in [1.29, 1.82) is 0 Å². The molecule has 0 saturated carbocycles. The Morgan fingerprint density at radius 1 is 1.07 bits per heavy atom. The maximum absolute atomic E-state index is 5.76. The van der Waals surface area contributed by atoms with E-state index in [1.807, 2.05) is 0 Å². The van der Waals surface area contributed by atoms with Crippen LogP contribution in [0.4, 0.5) is 0 Å². The molecule has 0 heterocycles. The Balaban J connectivity index is 2.42. The lowest BCUT2D eigenvalue weighted by Crippen LogP contribution is -2.17. The van der Waals surface area contributed by atoms with Gasteiger partial charge in [-0.05, 0) is 37.3 Å². The van der Waals surface area contributed by atoms with Crippen molar-refractivity contribution >= 4 is 0 Å². The summed E-state index contributed by atoms with van der Waals surface area (Å²) in [5.41, 5.74) is 8.57. The van der Waals surface area contributed by atoms with Crippen LogP contribution in [0.15, 0.2) is 24.3 Å². The predicted molar refractivity (Wildman–Crippen MR) is 67.0 cm³/mol. The molecule has 2 N–H and O–H groups in total. The molecule has 0 aromatic heterocycles. The number of nitrogens with two attached hydrogens (primary N) is 1. The van der Waals surface area contributed by atoms with Crippen molar-refractivity contribution in [2.45, 2.75) is 52.0 Å². The van der Waals surface area contributed by atoms with Gasteiger partial charge in [-0.15, -0.1) is 0 Å². The first-order valence-electron chi connectivity index (χ1n) is 6.05. The molecule has 84 valence electrons. The van der Waals surface area contributed by atoms with Crippen molar-refractivity contribution in [2.75, 3.05) is 0 Å². The maximum atomic E-state index is 5.76. The summed E-state index contributed by atoms with van der Waals surface area (Å²) in [4.78, 5) is 0. The van der Waals surface area contributed by atoms with Crippen LogP contribution in [0.3, 0.4) is 0 Å². The molecule has 1 atom stereocenters. The van der Waals surface area contributed by atoms with E-state index in [2.05, 4.69) is 38.1 Å². The van der Waals surface area contributed by atoms with Crippen LogP contribution in [0, 0.1) is 0 Å². The smallest absolute Gasteiger partial charge is 0.00509 e. The molecule has 1 aromatic rings. The Bertz CT molecular complexity index is 261. The lowest BCUT2D eigenvalue weighted by molar-refractivity contribution is 0.715. The monoisotopic (exact) mass is 205 g/mol. The first-order valence-corrected chi connectivity index (χ1v) is 6.05. The Morgan fingerprint density at radius 3 is 2.20 bits per heavy atom. The lowest BCUT2D eigenvalue weighted by Gasteiger charge is -2.06. The minimum atomic E-state index is 0.260. The lowest BCUT2D eigenvalue weighted by atomic mass is 10.0. The van der Waals surface area contributed by atoms with E-state index in [1.54, 1.807) is 0 Å². The van der Waals surface area contributed by atoms with Gasteiger partial charge in [0.2, 0.25) is 0 Å². The van der Waals surface area contributed by atoms with E-state index in [4.69, 9.17) is 5.73 Å². The van der Waals surface area contributed by atoms with E-state index in [9.17, 15) is 0 Å². The van der Waals surface area contributed by atoms with Crippen molar-refractivity contribution in [3.8, 4) is 0 Å². The van der Waals surface area contributed by atoms with Crippen molar-refractivity contribution in [2.24, 2.45) is 5.73 Å². The highest BCUT2D eigenvalue weighted by atomic mass is 14.6. The fraction of sp³-hybridized carbons (Fsp3) is 0.571. The van der Waals surface area contributed by atoms with Gasteiger partial charge < -0.3 is 5.73 Å². The standard InChI is InChI=1S/C14H23N/c1-3-4-5-6-13-7-9-14(10-8-13)11-12(2)15/h7-10,12H,3-6,11,15H2,1-2H3/t12-/m1/s1. The van der Waals surface area contributed by atoms with Crippen LogP contribution in [0.1, 0.15) is 44.2 Å². The third-order valence-corrected chi connectivity index (χ3v) is 2.65. The highest BCUT2D eigenvalue weighted by Gasteiger charge is 1.98. The number of aryl methyl sites for hydroxylation is 1. The van der Waals surface area contributed by atoms with E-state index in [-0.39, 0.29) is 6.04 Å². The summed E-state index contributed by atoms with van der Waals surface area (Å²) in [5, 5.41) is 0. The van der Waals surface area contributed by atoms with Crippen LogP contribution in [-0.4, -0.2) is 6.04 Å². The fourth-order valence-electron chi connectivity index (χ4n) is 1.79. The van der Waals surface area contributed by atoms with E-state index < -0.39 is 0 Å². The van der Waals surface area contributed by atoms with Gasteiger partial charge in [0, 0.05) is 6.04 Å². The van der Waals surface area contributed by atoms with Gasteiger partial charge in [0.1, 0.15) is 0 Å². The molecule has 0 bridgehead atoms. The summed E-state index contributed by atoms with van der Waals surface area (Å²) in [6.07, 6.45) is 6.13. The zero-order valence-corrected chi connectivity index (χ0v) is 10.00.